The number of hydrogen-bond acceptors (Lipinski definition) is 4. The van der Waals surface area contributed by atoms with Gasteiger partial charge in [0.2, 0.25) is 0 Å². The number of rotatable bonds is 3. The lowest BCUT2D eigenvalue weighted by atomic mass is 10.1. The summed E-state index contributed by atoms with van der Waals surface area (Å²) < 4.78 is 5.37. The molecule has 2 amide bonds. The number of morpholine rings is 1. The molecule has 2 atom stereocenters. The van der Waals surface area contributed by atoms with Gasteiger partial charge in [-0.2, -0.15) is 0 Å². The van der Waals surface area contributed by atoms with E-state index in [2.05, 4.69) is 5.32 Å². The molecule has 7 nitrogen and oxygen atoms in total. The van der Waals surface area contributed by atoms with Crippen molar-refractivity contribution in [3.8, 4) is 0 Å². The molecule has 0 spiro atoms. The second-order valence-electron chi connectivity index (χ2n) is 4.92. The van der Waals surface area contributed by atoms with Crippen LogP contribution in [0.4, 0.5) is 10.5 Å². The zero-order valence-electron chi connectivity index (χ0n) is 11.7. The maximum Gasteiger partial charge on any atom is 0.337 e. The minimum absolute atomic E-state index is 0.0328. The molecule has 0 bridgehead atoms. The third-order valence-corrected chi connectivity index (χ3v) is 3.37. The van der Waals surface area contributed by atoms with Crippen LogP contribution in [0.5, 0.6) is 0 Å². The van der Waals surface area contributed by atoms with Crippen molar-refractivity contribution >= 4 is 17.7 Å². The van der Waals surface area contributed by atoms with Crippen LogP contribution in [-0.4, -0.2) is 59.0 Å². The zero-order chi connectivity index (χ0) is 15.4. The van der Waals surface area contributed by atoms with Gasteiger partial charge in [0.1, 0.15) is 0 Å². The number of aliphatic hydroxyl groups is 1. The molecule has 3 N–H and O–H groups in total. The second-order valence-corrected chi connectivity index (χ2v) is 4.92. The van der Waals surface area contributed by atoms with Gasteiger partial charge in [-0.25, -0.2) is 9.59 Å². The number of ether oxygens (including phenoxy) is 1. The lowest BCUT2D eigenvalue weighted by Crippen LogP contribution is -2.53. The molecule has 0 aliphatic carbocycles. The molecule has 1 aliphatic rings. The molecule has 0 saturated carbocycles. The number of benzene rings is 1. The van der Waals surface area contributed by atoms with Gasteiger partial charge < -0.3 is 25.2 Å². The largest absolute Gasteiger partial charge is 0.478 e. The summed E-state index contributed by atoms with van der Waals surface area (Å²) in [5.41, 5.74) is 0.278. The molecule has 21 heavy (non-hydrogen) atoms. The van der Waals surface area contributed by atoms with Gasteiger partial charge in [-0.3, -0.25) is 0 Å². The summed E-state index contributed by atoms with van der Waals surface area (Å²) in [5, 5.41) is 20.8. The Labute approximate surface area is 122 Å². The average molecular weight is 294 g/mol. The molecular weight excluding hydrogens is 276 g/mol. The Hall–Kier alpha value is -2.12. The number of nitrogens with one attached hydrogen (secondary N) is 1. The van der Waals surface area contributed by atoms with Crippen molar-refractivity contribution < 1.29 is 24.5 Å². The monoisotopic (exact) mass is 294 g/mol. The normalized spacial score (nSPS) is 21.9. The number of carboxylic acids is 1. The van der Waals surface area contributed by atoms with Crippen LogP contribution in [0.1, 0.15) is 17.3 Å². The summed E-state index contributed by atoms with van der Waals surface area (Å²) in [6.07, 6.45) is -0.415. The van der Waals surface area contributed by atoms with Gasteiger partial charge in [-0.05, 0) is 19.1 Å². The van der Waals surface area contributed by atoms with Crippen molar-refractivity contribution in [2.24, 2.45) is 0 Å². The first-order chi connectivity index (χ1) is 10.0. The highest BCUT2D eigenvalue weighted by Gasteiger charge is 2.29. The Morgan fingerprint density at radius 2 is 2.14 bits per heavy atom. The molecule has 1 aliphatic heterocycles. The first kappa shape index (κ1) is 15.3. The van der Waals surface area contributed by atoms with E-state index < -0.39 is 18.1 Å². The zero-order valence-corrected chi connectivity index (χ0v) is 11.7. The standard InChI is InChI=1S/C14H18N2O5/c1-9-8-21-10(7-17)6-16(9)14(20)15-12-5-3-2-4-11(12)13(18)19/h2-5,9-10,17H,6-8H2,1H3,(H,15,20)(H,18,19). The van der Waals surface area contributed by atoms with Crippen molar-refractivity contribution in [2.45, 2.75) is 19.1 Å². The van der Waals surface area contributed by atoms with Crippen LogP contribution >= 0.6 is 0 Å². The smallest absolute Gasteiger partial charge is 0.337 e. The third kappa shape index (κ3) is 3.50. The SMILES string of the molecule is CC1COC(CO)CN1C(=O)Nc1ccccc1C(=O)O. The first-order valence-electron chi connectivity index (χ1n) is 6.65. The van der Waals surface area contributed by atoms with Gasteiger partial charge in [0.25, 0.3) is 0 Å². The van der Waals surface area contributed by atoms with E-state index in [1.807, 2.05) is 6.92 Å². The van der Waals surface area contributed by atoms with E-state index in [9.17, 15) is 9.59 Å². The average Bonchev–Trinajstić information content (AvgIpc) is 2.48. The van der Waals surface area contributed by atoms with Crippen LogP contribution in [0.3, 0.4) is 0 Å². The van der Waals surface area contributed by atoms with Crippen LogP contribution in [0.2, 0.25) is 0 Å². The van der Waals surface area contributed by atoms with Gasteiger partial charge in [-0.1, -0.05) is 12.1 Å². The summed E-state index contributed by atoms with van der Waals surface area (Å²) in [5.74, 6) is -1.10. The van der Waals surface area contributed by atoms with E-state index in [1.54, 1.807) is 12.1 Å². The minimum atomic E-state index is -1.10. The molecule has 1 aromatic carbocycles. The summed E-state index contributed by atoms with van der Waals surface area (Å²) in [6.45, 7) is 2.26. The molecule has 1 saturated heterocycles. The fraction of sp³-hybridized carbons (Fsp3) is 0.429. The molecule has 2 rings (SSSR count). The van der Waals surface area contributed by atoms with E-state index >= 15 is 0 Å². The molecule has 114 valence electrons. The molecule has 1 aromatic rings. The fourth-order valence-electron chi connectivity index (χ4n) is 2.18. The Balaban J connectivity index is 2.12. The number of carboxylic acid groups (broad SMARTS) is 1. The van der Waals surface area contributed by atoms with E-state index in [0.717, 1.165) is 0 Å². The summed E-state index contributed by atoms with van der Waals surface area (Å²) in [7, 11) is 0. The minimum Gasteiger partial charge on any atom is -0.478 e. The molecule has 2 unspecified atom stereocenters. The molecule has 0 aromatic heterocycles. The Morgan fingerprint density at radius 1 is 1.43 bits per heavy atom. The van der Waals surface area contributed by atoms with Crippen LogP contribution in [0, 0.1) is 0 Å². The lowest BCUT2D eigenvalue weighted by Gasteiger charge is -2.37. The van der Waals surface area contributed by atoms with E-state index in [0.29, 0.717) is 6.61 Å². The molecular formula is C14H18N2O5. The summed E-state index contributed by atoms with van der Waals surface area (Å²) >= 11 is 0. The number of amides is 2. The highest BCUT2D eigenvalue weighted by atomic mass is 16.5. The Kier molecular flexibility index (Phi) is 4.77. The van der Waals surface area contributed by atoms with Crippen LogP contribution in [0.15, 0.2) is 24.3 Å². The number of carbonyl (C=O) groups excluding carboxylic acids is 1. The molecule has 1 fully saturated rings. The molecule has 1 heterocycles. The van der Waals surface area contributed by atoms with Crippen LogP contribution in [0.25, 0.3) is 0 Å². The van der Waals surface area contributed by atoms with Crippen molar-refractivity contribution in [3.63, 3.8) is 0 Å². The van der Waals surface area contributed by atoms with Gasteiger partial charge in [0.15, 0.2) is 0 Å². The number of hydrogen-bond donors (Lipinski definition) is 3. The van der Waals surface area contributed by atoms with E-state index in [-0.39, 0.29) is 30.4 Å². The van der Waals surface area contributed by atoms with Gasteiger partial charge in [-0.15, -0.1) is 0 Å². The maximum absolute atomic E-state index is 12.3. The predicted octanol–water partition coefficient (Wildman–Crippen LogP) is 0.998. The third-order valence-electron chi connectivity index (χ3n) is 3.37. The number of anilines is 1. The number of aliphatic hydroxyl groups excluding tert-OH is 1. The van der Waals surface area contributed by atoms with Gasteiger partial charge in [0.05, 0.1) is 43.2 Å². The molecule has 0 radical (unpaired) electrons. The summed E-state index contributed by atoms with van der Waals surface area (Å²) in [6, 6.07) is 5.66. The number of aromatic carboxylic acids is 1. The number of carbonyl (C=O) groups is 2. The number of urea groups is 1. The second kappa shape index (κ2) is 6.55. The summed E-state index contributed by atoms with van der Waals surface area (Å²) in [4.78, 5) is 25.0. The van der Waals surface area contributed by atoms with Gasteiger partial charge in [0, 0.05) is 0 Å². The van der Waals surface area contributed by atoms with Crippen molar-refractivity contribution in [1.82, 2.24) is 4.90 Å². The topological polar surface area (TPSA) is 99.1 Å². The highest BCUT2D eigenvalue weighted by Crippen LogP contribution is 2.18. The lowest BCUT2D eigenvalue weighted by molar-refractivity contribution is -0.0611. The van der Waals surface area contributed by atoms with E-state index in [4.69, 9.17) is 14.9 Å². The van der Waals surface area contributed by atoms with Crippen LogP contribution in [-0.2, 0) is 4.74 Å². The fourth-order valence-corrected chi connectivity index (χ4v) is 2.18. The molecule has 7 heteroatoms. The van der Waals surface area contributed by atoms with Crippen LogP contribution < -0.4 is 5.32 Å². The number of para-hydroxylation sites is 1. The van der Waals surface area contributed by atoms with Gasteiger partial charge >= 0.3 is 12.0 Å². The Bertz CT molecular complexity index is 534. The predicted molar refractivity (Wildman–Crippen MR) is 75.4 cm³/mol. The van der Waals surface area contributed by atoms with E-state index in [1.165, 1.54) is 17.0 Å². The number of nitrogens with zero attached hydrogens (tertiary/aromatic N) is 1. The van der Waals surface area contributed by atoms with Crippen molar-refractivity contribution in [2.75, 3.05) is 25.1 Å². The quantitative estimate of drug-likeness (QED) is 0.772. The van der Waals surface area contributed by atoms with Crippen molar-refractivity contribution in [1.29, 1.82) is 0 Å². The first-order valence-corrected chi connectivity index (χ1v) is 6.65. The Morgan fingerprint density at radius 3 is 2.81 bits per heavy atom. The van der Waals surface area contributed by atoms with Crippen molar-refractivity contribution in [3.05, 3.63) is 29.8 Å². The highest BCUT2D eigenvalue weighted by molar-refractivity contribution is 6.00. The maximum atomic E-state index is 12.3.